The number of benzene rings is 2. The minimum absolute atomic E-state index is 0.117. The lowest BCUT2D eigenvalue weighted by molar-refractivity contribution is -0.127. The average Bonchev–Trinajstić information content (AvgIpc) is 3.51. The molecule has 0 aliphatic heterocycles. The first kappa shape index (κ1) is 19.3. The van der Waals surface area contributed by atoms with Gasteiger partial charge in [0.05, 0.1) is 4.90 Å². The van der Waals surface area contributed by atoms with Gasteiger partial charge in [-0.1, -0.05) is 24.3 Å². The van der Waals surface area contributed by atoms with E-state index in [0.29, 0.717) is 6.54 Å². The molecule has 0 aromatic heterocycles. The van der Waals surface area contributed by atoms with Gasteiger partial charge >= 0.3 is 0 Å². The van der Waals surface area contributed by atoms with E-state index in [0.717, 1.165) is 24.0 Å². The Morgan fingerprint density at radius 3 is 2.33 bits per heavy atom. The molecule has 2 aromatic carbocycles. The van der Waals surface area contributed by atoms with E-state index in [1.54, 1.807) is 35.2 Å². The predicted octanol–water partition coefficient (Wildman–Crippen LogP) is 2.94. The molecule has 0 spiro atoms. The molecule has 3 rings (SSSR count). The van der Waals surface area contributed by atoms with E-state index in [1.165, 1.54) is 37.4 Å². The summed E-state index contributed by atoms with van der Waals surface area (Å²) in [7, 11) is -2.12. The second-order valence-corrected chi connectivity index (χ2v) is 8.32. The molecule has 0 unspecified atom stereocenters. The summed E-state index contributed by atoms with van der Waals surface area (Å²) in [5.41, 5.74) is 1.61. The molecule has 142 valence electrons. The summed E-state index contributed by atoms with van der Waals surface area (Å²) in [4.78, 5) is 14.6. The van der Waals surface area contributed by atoms with Crippen LogP contribution in [0.1, 0.15) is 24.0 Å². The Morgan fingerprint density at radius 2 is 1.78 bits per heavy atom. The fraction of sp³-hybridized carbons (Fsp3) is 0.250. The highest BCUT2D eigenvalue weighted by Gasteiger charge is 2.31. The molecule has 0 saturated heterocycles. The molecule has 0 heterocycles. The summed E-state index contributed by atoms with van der Waals surface area (Å²) in [5.74, 6) is -0.416. The van der Waals surface area contributed by atoms with Gasteiger partial charge in [0.1, 0.15) is 5.82 Å². The number of hydrogen-bond donors (Lipinski definition) is 1. The lowest BCUT2D eigenvalue weighted by atomic mass is 10.2. The van der Waals surface area contributed by atoms with E-state index in [2.05, 4.69) is 4.72 Å². The van der Waals surface area contributed by atoms with Crippen molar-refractivity contribution in [3.05, 3.63) is 71.6 Å². The van der Waals surface area contributed by atoms with Crippen LogP contribution in [-0.4, -0.2) is 32.3 Å². The Morgan fingerprint density at radius 1 is 1.15 bits per heavy atom. The van der Waals surface area contributed by atoms with Gasteiger partial charge in [-0.15, -0.1) is 0 Å². The Labute approximate surface area is 158 Å². The summed E-state index contributed by atoms with van der Waals surface area (Å²) >= 11 is 0. The minimum Gasteiger partial charge on any atom is -0.332 e. The highest BCUT2D eigenvalue weighted by Crippen LogP contribution is 2.29. The van der Waals surface area contributed by atoms with Crippen LogP contribution in [0.25, 0.3) is 6.08 Å². The molecule has 1 aliphatic carbocycles. The third-order valence-electron chi connectivity index (χ3n) is 4.41. The van der Waals surface area contributed by atoms with Crippen molar-refractivity contribution < 1.29 is 17.6 Å². The van der Waals surface area contributed by atoms with E-state index >= 15 is 0 Å². The number of carbonyl (C=O) groups excluding carboxylic acids is 1. The fourth-order valence-corrected chi connectivity index (χ4v) is 3.43. The summed E-state index contributed by atoms with van der Waals surface area (Å²) in [5, 5.41) is 0. The zero-order valence-electron chi connectivity index (χ0n) is 14.9. The lowest BCUT2D eigenvalue weighted by Crippen LogP contribution is -2.31. The molecular formula is C20H21FN2O3S. The van der Waals surface area contributed by atoms with Crippen molar-refractivity contribution in [3.63, 3.8) is 0 Å². The van der Waals surface area contributed by atoms with Crippen molar-refractivity contribution in [1.82, 2.24) is 9.62 Å². The summed E-state index contributed by atoms with van der Waals surface area (Å²) in [6.07, 6.45) is 5.09. The van der Waals surface area contributed by atoms with Crippen molar-refractivity contribution in [1.29, 1.82) is 0 Å². The standard InChI is InChI=1S/C20H21FN2O3S/c1-22-27(25,26)19-11-4-15(5-12-19)6-13-20(24)23(18-9-10-18)14-16-2-7-17(21)8-3-16/h2-8,11-13,18,22H,9-10,14H2,1H3/b13-6+. The highest BCUT2D eigenvalue weighted by atomic mass is 32.2. The van der Waals surface area contributed by atoms with Crippen LogP contribution in [0.15, 0.2) is 59.5 Å². The number of nitrogens with zero attached hydrogens (tertiary/aromatic N) is 1. The van der Waals surface area contributed by atoms with Crippen LogP contribution in [0, 0.1) is 5.82 Å². The zero-order chi connectivity index (χ0) is 19.4. The maximum atomic E-state index is 13.1. The molecule has 0 radical (unpaired) electrons. The topological polar surface area (TPSA) is 66.5 Å². The number of amides is 1. The van der Waals surface area contributed by atoms with Crippen LogP contribution in [0.5, 0.6) is 0 Å². The smallest absolute Gasteiger partial charge is 0.247 e. The SMILES string of the molecule is CNS(=O)(=O)c1ccc(/C=C/C(=O)N(Cc2ccc(F)cc2)C2CC2)cc1. The number of hydrogen-bond acceptors (Lipinski definition) is 3. The first-order valence-electron chi connectivity index (χ1n) is 8.66. The normalized spacial score (nSPS) is 14.4. The third-order valence-corrected chi connectivity index (χ3v) is 5.84. The number of sulfonamides is 1. The first-order valence-corrected chi connectivity index (χ1v) is 10.1. The van der Waals surface area contributed by atoms with Gasteiger partial charge < -0.3 is 4.90 Å². The van der Waals surface area contributed by atoms with E-state index in [9.17, 15) is 17.6 Å². The molecule has 1 N–H and O–H groups in total. The van der Waals surface area contributed by atoms with Crippen molar-refractivity contribution >= 4 is 22.0 Å². The van der Waals surface area contributed by atoms with Gasteiger partial charge in [0, 0.05) is 18.7 Å². The quantitative estimate of drug-likeness (QED) is 0.742. The van der Waals surface area contributed by atoms with Gasteiger partial charge in [-0.25, -0.2) is 17.5 Å². The van der Waals surface area contributed by atoms with E-state index in [-0.39, 0.29) is 22.7 Å². The Hall–Kier alpha value is -2.51. The molecular weight excluding hydrogens is 367 g/mol. The maximum Gasteiger partial charge on any atom is 0.247 e. The molecule has 1 amide bonds. The number of halogens is 1. The van der Waals surface area contributed by atoms with Crippen molar-refractivity contribution in [2.45, 2.75) is 30.3 Å². The van der Waals surface area contributed by atoms with Gasteiger partial charge in [0.15, 0.2) is 0 Å². The van der Waals surface area contributed by atoms with Gasteiger partial charge in [-0.3, -0.25) is 4.79 Å². The monoisotopic (exact) mass is 388 g/mol. The number of carbonyl (C=O) groups is 1. The Kier molecular flexibility index (Phi) is 5.72. The lowest BCUT2D eigenvalue weighted by Gasteiger charge is -2.21. The minimum atomic E-state index is -3.48. The second kappa shape index (κ2) is 8.02. The summed E-state index contributed by atoms with van der Waals surface area (Å²) < 4.78 is 38.8. The van der Waals surface area contributed by atoms with Crippen molar-refractivity contribution in [2.24, 2.45) is 0 Å². The van der Waals surface area contributed by atoms with Crippen molar-refractivity contribution in [3.8, 4) is 0 Å². The zero-order valence-corrected chi connectivity index (χ0v) is 15.7. The van der Waals surface area contributed by atoms with E-state index in [4.69, 9.17) is 0 Å². The molecule has 1 aliphatic rings. The predicted molar refractivity (Wildman–Crippen MR) is 102 cm³/mol. The molecule has 0 bridgehead atoms. The molecule has 27 heavy (non-hydrogen) atoms. The van der Waals surface area contributed by atoms with Crippen molar-refractivity contribution in [2.75, 3.05) is 7.05 Å². The fourth-order valence-electron chi connectivity index (χ4n) is 2.70. The number of rotatable bonds is 7. The van der Waals surface area contributed by atoms with Gasteiger partial charge in [0.25, 0.3) is 0 Å². The van der Waals surface area contributed by atoms with Gasteiger partial charge in [-0.05, 0) is 61.4 Å². The number of nitrogens with one attached hydrogen (secondary N) is 1. The Bertz CT molecular complexity index is 934. The van der Waals surface area contributed by atoms with Crippen LogP contribution in [-0.2, 0) is 21.4 Å². The first-order chi connectivity index (χ1) is 12.9. The van der Waals surface area contributed by atoms with Crippen LogP contribution in [0.4, 0.5) is 4.39 Å². The Balaban J connectivity index is 1.69. The maximum absolute atomic E-state index is 13.1. The average molecular weight is 388 g/mol. The van der Waals surface area contributed by atoms with E-state index < -0.39 is 10.0 Å². The highest BCUT2D eigenvalue weighted by molar-refractivity contribution is 7.89. The molecule has 1 saturated carbocycles. The molecule has 0 atom stereocenters. The molecule has 2 aromatic rings. The van der Waals surface area contributed by atoms with Gasteiger partial charge in [-0.2, -0.15) is 0 Å². The van der Waals surface area contributed by atoms with Gasteiger partial charge in [0.2, 0.25) is 15.9 Å². The molecule has 1 fully saturated rings. The molecule has 5 nitrogen and oxygen atoms in total. The van der Waals surface area contributed by atoms with Crippen LogP contribution >= 0.6 is 0 Å². The molecule has 7 heteroatoms. The second-order valence-electron chi connectivity index (χ2n) is 6.43. The van der Waals surface area contributed by atoms with Crippen LogP contribution < -0.4 is 4.72 Å². The summed E-state index contributed by atoms with van der Waals surface area (Å²) in [6, 6.07) is 12.6. The third kappa shape index (κ3) is 5.02. The largest absolute Gasteiger partial charge is 0.332 e. The van der Waals surface area contributed by atoms with Crippen LogP contribution in [0.2, 0.25) is 0 Å². The summed E-state index contributed by atoms with van der Waals surface area (Å²) in [6.45, 7) is 0.438. The van der Waals surface area contributed by atoms with Crippen LogP contribution in [0.3, 0.4) is 0 Å². The van der Waals surface area contributed by atoms with E-state index in [1.807, 2.05) is 0 Å².